The number of nitrogens with two attached hydrogens (primary N) is 1. The zero-order valence-corrected chi connectivity index (χ0v) is 10.6. The third-order valence-electron chi connectivity index (χ3n) is 3.39. The highest BCUT2D eigenvalue weighted by molar-refractivity contribution is 5.54. The molecule has 1 heterocycles. The van der Waals surface area contributed by atoms with Crippen molar-refractivity contribution in [3.8, 4) is 5.75 Å². The summed E-state index contributed by atoms with van der Waals surface area (Å²) in [4.78, 5) is 2.43. The summed E-state index contributed by atoms with van der Waals surface area (Å²) in [6, 6.07) is 6.55. The van der Waals surface area contributed by atoms with Crippen LogP contribution in [0.1, 0.15) is 24.8 Å². The van der Waals surface area contributed by atoms with Crippen LogP contribution in [0.2, 0.25) is 0 Å². The van der Waals surface area contributed by atoms with Crippen LogP contribution in [0.5, 0.6) is 5.75 Å². The Morgan fingerprint density at radius 3 is 2.71 bits per heavy atom. The number of hydrogen-bond donors (Lipinski definition) is 1. The molecule has 1 aliphatic heterocycles. The van der Waals surface area contributed by atoms with Crippen LogP contribution in [0, 0.1) is 0 Å². The van der Waals surface area contributed by atoms with E-state index < -0.39 is 0 Å². The molecule has 1 aliphatic rings. The van der Waals surface area contributed by atoms with Crippen LogP contribution in [-0.2, 0) is 6.42 Å². The molecule has 3 heteroatoms. The molecule has 1 fully saturated rings. The summed E-state index contributed by atoms with van der Waals surface area (Å²) in [5.74, 6) is 1.00. The van der Waals surface area contributed by atoms with E-state index in [4.69, 9.17) is 10.5 Å². The molecule has 0 aromatic heterocycles. The van der Waals surface area contributed by atoms with Crippen LogP contribution in [0.25, 0.3) is 0 Å². The van der Waals surface area contributed by atoms with Gasteiger partial charge < -0.3 is 15.4 Å². The van der Waals surface area contributed by atoms with Gasteiger partial charge in [-0.15, -0.1) is 0 Å². The van der Waals surface area contributed by atoms with Crippen molar-refractivity contribution in [2.24, 2.45) is 5.73 Å². The summed E-state index contributed by atoms with van der Waals surface area (Å²) in [5, 5.41) is 0. The minimum absolute atomic E-state index is 0.733. The molecular weight excluding hydrogens is 212 g/mol. The topological polar surface area (TPSA) is 38.5 Å². The van der Waals surface area contributed by atoms with E-state index >= 15 is 0 Å². The Kier molecular flexibility index (Phi) is 4.26. The second-order valence-electron chi connectivity index (χ2n) is 4.58. The fraction of sp³-hybridized carbons (Fsp3) is 0.571. The Balaban J connectivity index is 2.14. The minimum atomic E-state index is 0.733. The Hall–Kier alpha value is -1.22. The Labute approximate surface area is 104 Å². The maximum atomic E-state index is 5.55. The molecule has 0 radical (unpaired) electrons. The van der Waals surface area contributed by atoms with Crippen LogP contribution in [0.4, 0.5) is 5.69 Å². The average Bonchev–Trinajstić information content (AvgIpc) is 2.90. The van der Waals surface area contributed by atoms with Crippen molar-refractivity contribution in [2.45, 2.75) is 25.7 Å². The molecule has 94 valence electrons. The highest BCUT2D eigenvalue weighted by Gasteiger charge is 2.14. The van der Waals surface area contributed by atoms with Gasteiger partial charge in [-0.3, -0.25) is 0 Å². The molecule has 0 unspecified atom stereocenters. The number of hydrogen-bond acceptors (Lipinski definition) is 3. The number of methoxy groups -OCH3 is 1. The standard InChI is InChI=1S/C14H22N2O/c1-17-14-11-13(16-9-2-3-10-16)7-6-12(14)5-4-8-15/h6-7,11H,2-5,8-10,15H2,1H3. The summed E-state index contributed by atoms with van der Waals surface area (Å²) in [6.45, 7) is 3.08. The number of ether oxygens (including phenoxy) is 1. The van der Waals surface area contributed by atoms with Crippen molar-refractivity contribution in [3.63, 3.8) is 0 Å². The van der Waals surface area contributed by atoms with Gasteiger partial charge >= 0.3 is 0 Å². The van der Waals surface area contributed by atoms with Gasteiger partial charge in [-0.2, -0.15) is 0 Å². The van der Waals surface area contributed by atoms with Crippen molar-refractivity contribution in [3.05, 3.63) is 23.8 Å². The van der Waals surface area contributed by atoms with E-state index in [1.165, 1.54) is 37.2 Å². The van der Waals surface area contributed by atoms with Gasteiger partial charge in [-0.05, 0) is 43.9 Å². The lowest BCUT2D eigenvalue weighted by molar-refractivity contribution is 0.409. The Morgan fingerprint density at radius 2 is 2.06 bits per heavy atom. The molecule has 0 atom stereocenters. The molecule has 0 aliphatic carbocycles. The summed E-state index contributed by atoms with van der Waals surface area (Å²) in [7, 11) is 1.75. The molecule has 1 aromatic carbocycles. The van der Waals surface area contributed by atoms with Gasteiger partial charge in [-0.1, -0.05) is 6.07 Å². The largest absolute Gasteiger partial charge is 0.496 e. The first-order chi connectivity index (χ1) is 8.35. The monoisotopic (exact) mass is 234 g/mol. The van der Waals surface area contributed by atoms with Crippen LogP contribution in [0.3, 0.4) is 0 Å². The van der Waals surface area contributed by atoms with Gasteiger partial charge in [0.05, 0.1) is 7.11 Å². The molecule has 3 nitrogen and oxygen atoms in total. The van der Waals surface area contributed by atoms with E-state index in [0.29, 0.717) is 0 Å². The van der Waals surface area contributed by atoms with Crippen LogP contribution in [0.15, 0.2) is 18.2 Å². The van der Waals surface area contributed by atoms with E-state index in [1.54, 1.807) is 7.11 Å². The second kappa shape index (κ2) is 5.92. The molecule has 1 saturated heterocycles. The summed E-state index contributed by atoms with van der Waals surface area (Å²) in [5.41, 5.74) is 8.10. The molecule has 0 bridgehead atoms. The summed E-state index contributed by atoms with van der Waals surface area (Å²) < 4.78 is 5.48. The van der Waals surface area contributed by atoms with Crippen LogP contribution < -0.4 is 15.4 Å². The Morgan fingerprint density at radius 1 is 1.29 bits per heavy atom. The summed E-state index contributed by atoms with van der Waals surface area (Å²) >= 11 is 0. The van der Waals surface area contributed by atoms with Crippen molar-refractivity contribution in [1.29, 1.82) is 0 Å². The molecule has 0 spiro atoms. The van der Waals surface area contributed by atoms with E-state index in [2.05, 4.69) is 23.1 Å². The zero-order chi connectivity index (χ0) is 12.1. The van der Waals surface area contributed by atoms with E-state index in [-0.39, 0.29) is 0 Å². The highest BCUT2D eigenvalue weighted by atomic mass is 16.5. The van der Waals surface area contributed by atoms with Crippen molar-refractivity contribution in [1.82, 2.24) is 0 Å². The van der Waals surface area contributed by atoms with Gasteiger partial charge in [0.15, 0.2) is 0 Å². The van der Waals surface area contributed by atoms with Gasteiger partial charge in [0.25, 0.3) is 0 Å². The van der Waals surface area contributed by atoms with Crippen LogP contribution >= 0.6 is 0 Å². The van der Waals surface area contributed by atoms with E-state index in [0.717, 1.165) is 25.1 Å². The average molecular weight is 234 g/mol. The number of aryl methyl sites for hydroxylation is 1. The molecule has 0 saturated carbocycles. The number of rotatable bonds is 5. The first-order valence-corrected chi connectivity index (χ1v) is 6.47. The van der Waals surface area contributed by atoms with Gasteiger partial charge in [0.1, 0.15) is 5.75 Å². The fourth-order valence-electron chi connectivity index (χ4n) is 2.40. The molecule has 0 amide bonds. The second-order valence-corrected chi connectivity index (χ2v) is 4.58. The SMILES string of the molecule is COc1cc(N2CCCC2)ccc1CCCN. The maximum absolute atomic E-state index is 5.55. The van der Waals surface area contributed by atoms with Gasteiger partial charge in [0, 0.05) is 24.8 Å². The highest BCUT2D eigenvalue weighted by Crippen LogP contribution is 2.28. The zero-order valence-electron chi connectivity index (χ0n) is 10.6. The summed E-state index contributed by atoms with van der Waals surface area (Å²) in [6.07, 6.45) is 4.62. The predicted octanol–water partition coefficient (Wildman–Crippen LogP) is 2.19. The first kappa shape index (κ1) is 12.2. The van der Waals surface area contributed by atoms with E-state index in [9.17, 15) is 0 Å². The van der Waals surface area contributed by atoms with Crippen molar-refractivity contribution in [2.75, 3.05) is 31.6 Å². The number of anilines is 1. The quantitative estimate of drug-likeness (QED) is 0.848. The van der Waals surface area contributed by atoms with Gasteiger partial charge in [0.2, 0.25) is 0 Å². The van der Waals surface area contributed by atoms with Crippen molar-refractivity contribution >= 4 is 5.69 Å². The molecule has 2 rings (SSSR count). The maximum Gasteiger partial charge on any atom is 0.124 e. The van der Waals surface area contributed by atoms with Gasteiger partial charge in [-0.25, -0.2) is 0 Å². The molecule has 17 heavy (non-hydrogen) atoms. The smallest absolute Gasteiger partial charge is 0.124 e. The predicted molar refractivity (Wildman–Crippen MR) is 71.8 cm³/mol. The molecular formula is C14H22N2O. The van der Waals surface area contributed by atoms with E-state index in [1.807, 2.05) is 0 Å². The fourth-order valence-corrected chi connectivity index (χ4v) is 2.40. The minimum Gasteiger partial charge on any atom is -0.496 e. The lowest BCUT2D eigenvalue weighted by Gasteiger charge is -2.19. The first-order valence-electron chi connectivity index (χ1n) is 6.47. The third kappa shape index (κ3) is 2.91. The Bertz CT molecular complexity index is 359. The molecule has 1 aromatic rings. The van der Waals surface area contributed by atoms with Crippen LogP contribution in [-0.4, -0.2) is 26.7 Å². The van der Waals surface area contributed by atoms with Crippen molar-refractivity contribution < 1.29 is 4.74 Å². The molecule has 2 N–H and O–H groups in total. The number of benzene rings is 1. The normalized spacial score (nSPS) is 15.3. The third-order valence-corrected chi connectivity index (χ3v) is 3.39. The lowest BCUT2D eigenvalue weighted by Crippen LogP contribution is -2.17. The number of nitrogens with zero attached hydrogens (tertiary/aromatic N) is 1. The lowest BCUT2D eigenvalue weighted by atomic mass is 10.1.